The second-order valence-corrected chi connectivity index (χ2v) is 7.23. The average molecular weight is 397 g/mol. The standard InChI is InChI=1S/C18H18F3N3O2S/c1-4-26-17(25)14-15(18(19,20)21)23-16(27-14)10-5-6-13-11(7-10)12(22)8-24(13)9(2)3/h5-9H,4,22H2,1-3H3. The number of aromatic nitrogens is 2. The number of thiazole rings is 1. The molecule has 0 aliphatic rings. The van der Waals surface area contributed by atoms with Crippen molar-refractivity contribution in [1.29, 1.82) is 0 Å². The Kier molecular flexibility index (Phi) is 4.90. The lowest BCUT2D eigenvalue weighted by molar-refractivity contribution is -0.141. The first-order valence-corrected chi connectivity index (χ1v) is 9.10. The number of nitrogens with two attached hydrogens (primary N) is 1. The summed E-state index contributed by atoms with van der Waals surface area (Å²) in [6, 6.07) is 5.34. The van der Waals surface area contributed by atoms with Gasteiger partial charge in [0.05, 0.1) is 17.8 Å². The van der Waals surface area contributed by atoms with Crippen molar-refractivity contribution in [2.45, 2.75) is 33.0 Å². The van der Waals surface area contributed by atoms with Crippen LogP contribution in [0.5, 0.6) is 0 Å². The monoisotopic (exact) mass is 397 g/mol. The summed E-state index contributed by atoms with van der Waals surface area (Å²) < 4.78 is 46.6. The Morgan fingerprint density at radius 1 is 1.37 bits per heavy atom. The van der Waals surface area contributed by atoms with Crippen molar-refractivity contribution >= 4 is 33.9 Å². The zero-order valence-electron chi connectivity index (χ0n) is 14.9. The molecule has 0 saturated carbocycles. The molecule has 0 bridgehead atoms. The quantitative estimate of drug-likeness (QED) is 0.620. The number of halogens is 3. The Balaban J connectivity index is 2.14. The van der Waals surface area contributed by atoms with Gasteiger partial charge in [-0.25, -0.2) is 9.78 Å². The van der Waals surface area contributed by atoms with Gasteiger partial charge >= 0.3 is 12.1 Å². The average Bonchev–Trinajstić information content (AvgIpc) is 3.17. The Morgan fingerprint density at radius 2 is 2.07 bits per heavy atom. The molecule has 0 aliphatic carbocycles. The summed E-state index contributed by atoms with van der Waals surface area (Å²) in [7, 11) is 0. The number of anilines is 1. The highest BCUT2D eigenvalue weighted by Gasteiger charge is 2.40. The third kappa shape index (κ3) is 3.51. The lowest BCUT2D eigenvalue weighted by Crippen LogP contribution is -2.13. The molecule has 3 aromatic rings. The number of hydrogen-bond acceptors (Lipinski definition) is 5. The van der Waals surface area contributed by atoms with Crippen LogP contribution in [0.3, 0.4) is 0 Å². The molecule has 144 valence electrons. The Hall–Kier alpha value is -2.55. The maximum absolute atomic E-state index is 13.3. The third-order valence-electron chi connectivity index (χ3n) is 4.02. The number of hydrogen-bond donors (Lipinski definition) is 1. The van der Waals surface area contributed by atoms with E-state index in [1.54, 1.807) is 24.4 Å². The van der Waals surface area contributed by atoms with Crippen LogP contribution in [0.2, 0.25) is 0 Å². The predicted octanol–water partition coefficient (Wildman–Crippen LogP) is 5.12. The van der Waals surface area contributed by atoms with Crippen LogP contribution in [0.15, 0.2) is 24.4 Å². The number of nitrogen functional groups attached to an aromatic ring is 1. The van der Waals surface area contributed by atoms with Crippen molar-refractivity contribution in [2.24, 2.45) is 0 Å². The number of carbonyl (C=O) groups excluding carboxylic acids is 1. The molecule has 0 radical (unpaired) electrons. The van der Waals surface area contributed by atoms with Crippen LogP contribution in [0.1, 0.15) is 42.2 Å². The minimum Gasteiger partial charge on any atom is -0.462 e. The van der Waals surface area contributed by atoms with Gasteiger partial charge in [-0.3, -0.25) is 0 Å². The van der Waals surface area contributed by atoms with Crippen molar-refractivity contribution in [1.82, 2.24) is 9.55 Å². The van der Waals surface area contributed by atoms with E-state index in [1.165, 1.54) is 6.92 Å². The molecule has 2 heterocycles. The molecule has 0 aliphatic heterocycles. The zero-order chi connectivity index (χ0) is 19.9. The second kappa shape index (κ2) is 6.88. The first-order chi connectivity index (χ1) is 12.6. The van der Waals surface area contributed by atoms with Crippen LogP contribution in [-0.4, -0.2) is 22.1 Å². The fourth-order valence-electron chi connectivity index (χ4n) is 2.81. The summed E-state index contributed by atoms with van der Waals surface area (Å²) in [6.45, 7) is 5.53. The molecular weight excluding hydrogens is 379 g/mol. The second-order valence-electron chi connectivity index (χ2n) is 6.23. The summed E-state index contributed by atoms with van der Waals surface area (Å²) in [4.78, 5) is 15.1. The molecule has 27 heavy (non-hydrogen) atoms. The normalized spacial score (nSPS) is 12.1. The minimum atomic E-state index is -4.75. The summed E-state index contributed by atoms with van der Waals surface area (Å²) in [5.74, 6) is -1.03. The molecule has 2 aromatic heterocycles. The molecule has 9 heteroatoms. The molecule has 1 aromatic carbocycles. The minimum absolute atomic E-state index is 0.0193. The number of carbonyl (C=O) groups is 1. The summed E-state index contributed by atoms with van der Waals surface area (Å²) >= 11 is 0.662. The topological polar surface area (TPSA) is 70.1 Å². The van der Waals surface area contributed by atoms with E-state index in [-0.39, 0.29) is 17.7 Å². The van der Waals surface area contributed by atoms with Gasteiger partial charge < -0.3 is 15.0 Å². The largest absolute Gasteiger partial charge is 0.462 e. The van der Waals surface area contributed by atoms with E-state index in [4.69, 9.17) is 10.5 Å². The van der Waals surface area contributed by atoms with Crippen molar-refractivity contribution < 1.29 is 22.7 Å². The van der Waals surface area contributed by atoms with Gasteiger partial charge in [-0.05, 0) is 39.0 Å². The first-order valence-electron chi connectivity index (χ1n) is 8.29. The number of ether oxygens (including phenoxy) is 1. The Bertz CT molecular complexity index is 1010. The van der Waals surface area contributed by atoms with Gasteiger partial charge in [0.2, 0.25) is 0 Å². The van der Waals surface area contributed by atoms with Crippen molar-refractivity contribution in [3.05, 3.63) is 35.0 Å². The molecule has 2 N–H and O–H groups in total. The third-order valence-corrected chi connectivity index (χ3v) is 5.11. The fraction of sp³-hybridized carbons (Fsp3) is 0.333. The van der Waals surface area contributed by atoms with Crippen molar-refractivity contribution in [3.63, 3.8) is 0 Å². The molecule has 0 fully saturated rings. The summed E-state index contributed by atoms with van der Waals surface area (Å²) in [6.07, 6.45) is -2.95. The smallest absolute Gasteiger partial charge is 0.435 e. The number of nitrogens with zero attached hydrogens (tertiary/aromatic N) is 2. The highest BCUT2D eigenvalue weighted by Crippen LogP contribution is 2.39. The first kappa shape index (κ1) is 19.2. The van der Waals surface area contributed by atoms with Crippen LogP contribution in [0, 0.1) is 0 Å². The molecule has 0 atom stereocenters. The molecule has 5 nitrogen and oxygen atoms in total. The van der Waals surface area contributed by atoms with Crippen molar-refractivity contribution in [2.75, 3.05) is 12.3 Å². The van der Waals surface area contributed by atoms with Gasteiger partial charge in [0.25, 0.3) is 0 Å². The highest BCUT2D eigenvalue weighted by atomic mass is 32.1. The lowest BCUT2D eigenvalue weighted by Gasteiger charge is -2.09. The molecule has 0 unspecified atom stereocenters. The van der Waals surface area contributed by atoms with Crippen LogP contribution >= 0.6 is 11.3 Å². The van der Waals surface area contributed by atoms with E-state index >= 15 is 0 Å². The maximum Gasteiger partial charge on any atom is 0.435 e. The van der Waals surface area contributed by atoms with E-state index in [9.17, 15) is 18.0 Å². The van der Waals surface area contributed by atoms with Crippen molar-refractivity contribution in [3.8, 4) is 10.6 Å². The van der Waals surface area contributed by atoms with Gasteiger partial charge in [0, 0.05) is 23.2 Å². The van der Waals surface area contributed by atoms with Gasteiger partial charge in [-0.2, -0.15) is 13.2 Å². The van der Waals surface area contributed by atoms with E-state index in [0.717, 1.165) is 10.9 Å². The maximum atomic E-state index is 13.3. The zero-order valence-corrected chi connectivity index (χ0v) is 15.7. The summed E-state index contributed by atoms with van der Waals surface area (Å²) in [5, 5.41) is 0.812. The number of rotatable bonds is 4. The van der Waals surface area contributed by atoms with Crippen LogP contribution in [0.4, 0.5) is 18.9 Å². The lowest BCUT2D eigenvalue weighted by atomic mass is 10.1. The van der Waals surface area contributed by atoms with Gasteiger partial charge in [-0.1, -0.05) is 0 Å². The molecule has 3 rings (SSSR count). The molecule has 0 amide bonds. The van der Waals surface area contributed by atoms with Crippen LogP contribution in [-0.2, 0) is 10.9 Å². The number of alkyl halides is 3. The van der Waals surface area contributed by atoms with E-state index in [0.29, 0.717) is 22.6 Å². The predicted molar refractivity (Wildman–Crippen MR) is 98.8 cm³/mol. The van der Waals surface area contributed by atoms with E-state index in [2.05, 4.69) is 4.98 Å². The summed E-state index contributed by atoms with van der Waals surface area (Å²) in [5.41, 5.74) is 6.70. The van der Waals surface area contributed by atoms with E-state index < -0.39 is 22.7 Å². The SMILES string of the molecule is CCOC(=O)c1sc(-c2ccc3c(c2)c(N)cn3C(C)C)nc1C(F)(F)F. The molecular formula is C18H18F3N3O2S. The highest BCUT2D eigenvalue weighted by molar-refractivity contribution is 7.17. The molecule has 0 spiro atoms. The number of benzene rings is 1. The van der Waals surface area contributed by atoms with Gasteiger partial charge in [-0.15, -0.1) is 11.3 Å². The Morgan fingerprint density at radius 3 is 2.67 bits per heavy atom. The van der Waals surface area contributed by atoms with Crippen LogP contribution in [0.25, 0.3) is 21.5 Å². The Labute approximate surface area is 157 Å². The fourth-order valence-corrected chi connectivity index (χ4v) is 3.79. The van der Waals surface area contributed by atoms with Gasteiger partial charge in [0.15, 0.2) is 5.69 Å². The number of fused-ring (bicyclic) bond motifs is 1. The molecule has 0 saturated heterocycles. The number of esters is 1. The van der Waals surface area contributed by atoms with Gasteiger partial charge in [0.1, 0.15) is 9.88 Å². The van der Waals surface area contributed by atoms with E-state index in [1.807, 2.05) is 18.4 Å². The van der Waals surface area contributed by atoms with Crippen LogP contribution < -0.4 is 5.73 Å².